The van der Waals surface area contributed by atoms with Crippen molar-refractivity contribution in [3.05, 3.63) is 35.0 Å². The molecule has 3 nitrogen and oxygen atoms in total. The molecule has 1 aliphatic rings. The van der Waals surface area contributed by atoms with Crippen molar-refractivity contribution in [1.82, 2.24) is 10.2 Å². The number of fused-ring (bicyclic) bond motifs is 1. The molecule has 1 aliphatic carbocycles. The van der Waals surface area contributed by atoms with Crippen molar-refractivity contribution in [2.45, 2.75) is 31.3 Å². The molecule has 0 saturated heterocycles. The van der Waals surface area contributed by atoms with E-state index in [1.54, 1.807) is 0 Å². The van der Waals surface area contributed by atoms with E-state index in [0.717, 1.165) is 29.6 Å². The van der Waals surface area contributed by atoms with Crippen LogP contribution in [0.1, 0.15) is 24.8 Å². The zero-order valence-electron chi connectivity index (χ0n) is 12.1. The molecule has 1 heterocycles. The van der Waals surface area contributed by atoms with E-state index in [-0.39, 0.29) is 0 Å². The van der Waals surface area contributed by atoms with Crippen molar-refractivity contribution in [2.75, 3.05) is 20.6 Å². The van der Waals surface area contributed by atoms with E-state index in [1.165, 1.54) is 19.3 Å². The van der Waals surface area contributed by atoms with Crippen molar-refractivity contribution in [3.63, 3.8) is 0 Å². The molecule has 1 N–H and O–H groups in total. The molecule has 108 valence electrons. The summed E-state index contributed by atoms with van der Waals surface area (Å²) in [6.07, 6.45) is 3.87. The van der Waals surface area contributed by atoms with Gasteiger partial charge in [0.05, 0.1) is 0 Å². The molecule has 0 radical (unpaired) electrons. The van der Waals surface area contributed by atoms with Gasteiger partial charge in [-0.3, -0.25) is 0 Å². The lowest BCUT2D eigenvalue weighted by Crippen LogP contribution is -2.56. The summed E-state index contributed by atoms with van der Waals surface area (Å²) in [4.78, 5) is 2.35. The maximum absolute atomic E-state index is 6.21. The predicted molar refractivity (Wildman–Crippen MR) is 83.2 cm³/mol. The van der Waals surface area contributed by atoms with Gasteiger partial charge in [0.25, 0.3) is 0 Å². The highest BCUT2D eigenvalue weighted by Crippen LogP contribution is 2.36. The number of hydrogen-bond acceptors (Lipinski definition) is 3. The van der Waals surface area contributed by atoms with Crippen molar-refractivity contribution >= 4 is 22.6 Å². The van der Waals surface area contributed by atoms with Gasteiger partial charge in [0.15, 0.2) is 5.22 Å². The molecule has 1 fully saturated rings. The van der Waals surface area contributed by atoms with Gasteiger partial charge in [-0.1, -0.05) is 18.2 Å². The summed E-state index contributed by atoms with van der Waals surface area (Å²) in [7, 11) is 4.34. The van der Waals surface area contributed by atoms with Gasteiger partial charge in [-0.2, -0.15) is 0 Å². The van der Waals surface area contributed by atoms with E-state index >= 15 is 0 Å². The Morgan fingerprint density at radius 1 is 1.30 bits per heavy atom. The third-order valence-corrected chi connectivity index (χ3v) is 4.94. The van der Waals surface area contributed by atoms with Crippen LogP contribution in [0.5, 0.6) is 0 Å². The topological polar surface area (TPSA) is 28.4 Å². The molecule has 3 rings (SSSR count). The monoisotopic (exact) mass is 292 g/mol. The molecule has 1 saturated carbocycles. The molecule has 4 heteroatoms. The van der Waals surface area contributed by atoms with Gasteiger partial charge < -0.3 is 14.6 Å². The first kappa shape index (κ1) is 13.9. The van der Waals surface area contributed by atoms with Crippen LogP contribution in [0.3, 0.4) is 0 Å². The van der Waals surface area contributed by atoms with Gasteiger partial charge in [-0.05, 0) is 51.0 Å². The minimum absolute atomic E-state index is 0.325. The van der Waals surface area contributed by atoms with Crippen LogP contribution in [0.4, 0.5) is 0 Å². The molecular formula is C16H21ClN2O. The number of nitrogens with one attached hydrogen (secondary N) is 1. The second-order valence-corrected chi connectivity index (χ2v) is 6.27. The van der Waals surface area contributed by atoms with Crippen LogP contribution in [0.2, 0.25) is 5.22 Å². The van der Waals surface area contributed by atoms with Crippen molar-refractivity contribution < 1.29 is 4.42 Å². The van der Waals surface area contributed by atoms with Crippen LogP contribution < -0.4 is 5.32 Å². The molecule has 0 spiro atoms. The van der Waals surface area contributed by atoms with Gasteiger partial charge in [0.2, 0.25) is 0 Å². The molecule has 0 amide bonds. The summed E-state index contributed by atoms with van der Waals surface area (Å²) in [5.41, 5.74) is 2.25. The summed E-state index contributed by atoms with van der Waals surface area (Å²) in [6.45, 7) is 1.75. The van der Waals surface area contributed by atoms with Crippen LogP contribution in [0.25, 0.3) is 11.0 Å². The van der Waals surface area contributed by atoms with Crippen LogP contribution in [0, 0.1) is 0 Å². The summed E-state index contributed by atoms with van der Waals surface area (Å²) < 4.78 is 5.58. The summed E-state index contributed by atoms with van der Waals surface area (Å²) >= 11 is 6.21. The normalized spacial score (nSPS) is 17.6. The van der Waals surface area contributed by atoms with Gasteiger partial charge in [0.1, 0.15) is 5.58 Å². The smallest absolute Gasteiger partial charge is 0.199 e. The van der Waals surface area contributed by atoms with Crippen molar-refractivity contribution in [2.24, 2.45) is 0 Å². The van der Waals surface area contributed by atoms with Gasteiger partial charge in [-0.25, -0.2) is 0 Å². The van der Waals surface area contributed by atoms with Crippen molar-refractivity contribution in [3.8, 4) is 0 Å². The SMILES string of the molecule is CN(C)C1(CNCc2c(Cl)oc3ccccc23)CCC1. The Morgan fingerprint density at radius 2 is 2.05 bits per heavy atom. The highest BCUT2D eigenvalue weighted by Gasteiger charge is 2.38. The fourth-order valence-electron chi connectivity index (χ4n) is 3.02. The first-order valence-corrected chi connectivity index (χ1v) is 7.54. The highest BCUT2D eigenvalue weighted by atomic mass is 35.5. The molecule has 0 atom stereocenters. The van der Waals surface area contributed by atoms with Crippen LogP contribution >= 0.6 is 11.6 Å². The standard InChI is InChI=1S/C16H21ClN2O/c1-19(2)16(8-5-9-16)11-18-10-13-12-6-3-4-7-14(12)20-15(13)17/h3-4,6-7,18H,5,8-11H2,1-2H3. The number of benzene rings is 1. The van der Waals surface area contributed by atoms with E-state index < -0.39 is 0 Å². The van der Waals surface area contributed by atoms with E-state index in [1.807, 2.05) is 18.2 Å². The lowest BCUT2D eigenvalue weighted by Gasteiger charge is -2.47. The summed E-state index contributed by atoms with van der Waals surface area (Å²) in [6, 6.07) is 8.00. The molecular weight excluding hydrogens is 272 g/mol. The quantitative estimate of drug-likeness (QED) is 0.911. The minimum atomic E-state index is 0.325. The average molecular weight is 293 g/mol. The number of hydrogen-bond donors (Lipinski definition) is 1. The second kappa shape index (κ2) is 5.40. The Hall–Kier alpha value is -1.03. The third kappa shape index (κ3) is 2.34. The molecule has 2 aromatic rings. The van der Waals surface area contributed by atoms with Crippen LogP contribution in [0.15, 0.2) is 28.7 Å². The Kier molecular flexibility index (Phi) is 3.76. The van der Waals surface area contributed by atoms with E-state index in [2.05, 4.69) is 30.4 Å². The van der Waals surface area contributed by atoms with Crippen molar-refractivity contribution in [1.29, 1.82) is 0 Å². The van der Waals surface area contributed by atoms with Gasteiger partial charge in [-0.15, -0.1) is 0 Å². The lowest BCUT2D eigenvalue weighted by molar-refractivity contribution is 0.0598. The van der Waals surface area contributed by atoms with E-state index in [0.29, 0.717) is 10.8 Å². The molecule has 0 aliphatic heterocycles. The highest BCUT2D eigenvalue weighted by molar-refractivity contribution is 6.30. The zero-order chi connectivity index (χ0) is 14.2. The number of furan rings is 1. The lowest BCUT2D eigenvalue weighted by atomic mass is 9.75. The Labute approximate surface area is 124 Å². The largest absolute Gasteiger partial charge is 0.444 e. The number of halogens is 1. The number of para-hydroxylation sites is 1. The average Bonchev–Trinajstić information content (AvgIpc) is 2.68. The molecule has 0 unspecified atom stereocenters. The van der Waals surface area contributed by atoms with Crippen LogP contribution in [-0.2, 0) is 6.54 Å². The number of nitrogens with zero attached hydrogens (tertiary/aromatic N) is 1. The maximum Gasteiger partial charge on any atom is 0.199 e. The van der Waals surface area contributed by atoms with Crippen LogP contribution in [-0.4, -0.2) is 31.1 Å². The number of rotatable bonds is 5. The fraction of sp³-hybridized carbons (Fsp3) is 0.500. The van der Waals surface area contributed by atoms with E-state index in [9.17, 15) is 0 Å². The molecule has 1 aromatic heterocycles. The minimum Gasteiger partial charge on any atom is -0.444 e. The molecule has 1 aromatic carbocycles. The van der Waals surface area contributed by atoms with Gasteiger partial charge in [0, 0.05) is 29.6 Å². The maximum atomic E-state index is 6.21. The zero-order valence-corrected chi connectivity index (χ0v) is 12.8. The van der Waals surface area contributed by atoms with E-state index in [4.69, 9.17) is 16.0 Å². The van der Waals surface area contributed by atoms with Gasteiger partial charge >= 0.3 is 0 Å². The predicted octanol–water partition coefficient (Wildman–Crippen LogP) is 3.66. The first-order chi connectivity index (χ1) is 9.62. The Morgan fingerprint density at radius 3 is 2.70 bits per heavy atom. The summed E-state index contributed by atoms with van der Waals surface area (Å²) in [5, 5.41) is 5.17. The Bertz CT molecular complexity index is 602. The first-order valence-electron chi connectivity index (χ1n) is 7.16. The number of likely N-dealkylation sites (N-methyl/N-ethyl adjacent to an activating group) is 1. The second-order valence-electron chi connectivity index (χ2n) is 5.93. The molecule has 20 heavy (non-hydrogen) atoms. The summed E-state index contributed by atoms with van der Waals surface area (Å²) in [5.74, 6) is 0. The Balaban J connectivity index is 1.70. The fourth-order valence-corrected chi connectivity index (χ4v) is 3.27. The molecule has 0 bridgehead atoms. The third-order valence-electron chi connectivity index (χ3n) is 4.64.